The predicted octanol–water partition coefficient (Wildman–Crippen LogP) is 4.59. The molecule has 0 saturated heterocycles. The van der Waals surface area contributed by atoms with Crippen molar-refractivity contribution >= 4 is 23.3 Å². The number of nitrogens with zero attached hydrogens (tertiary/aromatic N) is 1. The Bertz CT molecular complexity index is 602. The second kappa shape index (κ2) is 4.88. The van der Waals surface area contributed by atoms with E-state index in [-0.39, 0.29) is 0 Å². The fourth-order valence-corrected chi connectivity index (χ4v) is 3.35. The number of aromatic nitrogens is 2. The maximum atomic E-state index is 5.47. The number of imidazole rings is 1. The molecule has 0 radical (unpaired) electrons. The third-order valence-corrected chi connectivity index (χ3v) is 4.42. The van der Waals surface area contributed by atoms with E-state index in [9.17, 15) is 0 Å². The Balaban J connectivity index is 1.97. The highest BCUT2D eigenvalue weighted by atomic mass is 32.1. The summed E-state index contributed by atoms with van der Waals surface area (Å²) in [7, 11) is 0. The quantitative estimate of drug-likeness (QED) is 0.783. The molecule has 0 spiro atoms. The molecule has 2 nitrogen and oxygen atoms in total. The molecule has 3 heteroatoms. The van der Waals surface area contributed by atoms with Crippen LogP contribution in [0.15, 0.2) is 18.2 Å². The molecule has 0 unspecified atom stereocenters. The molecule has 1 fully saturated rings. The zero-order valence-electron chi connectivity index (χ0n) is 10.9. The van der Waals surface area contributed by atoms with Gasteiger partial charge in [-0.1, -0.05) is 25.3 Å². The number of rotatable bonds is 2. The molecule has 2 aromatic rings. The lowest BCUT2D eigenvalue weighted by Gasteiger charge is -2.22. The van der Waals surface area contributed by atoms with Gasteiger partial charge in [-0.2, -0.15) is 0 Å². The van der Waals surface area contributed by atoms with E-state index in [2.05, 4.69) is 34.7 Å². The normalized spacial score (nSPS) is 17.4. The van der Waals surface area contributed by atoms with Gasteiger partial charge in [0.25, 0.3) is 0 Å². The fraction of sp³-hybridized carbons (Fsp3) is 0.533. The number of hydrogen-bond acceptors (Lipinski definition) is 1. The Labute approximate surface area is 113 Å². The Hall–Kier alpha value is -1.09. The minimum atomic E-state index is 0.810. The standard InChI is InChI=1S/C15H20N2S/c1-11-7-8-13-14(9-11)17(15(18)16-13)10-12-5-3-2-4-6-12/h7-9,12H,2-6,10H2,1H3,(H,16,18). The van der Waals surface area contributed by atoms with Crippen LogP contribution in [0.2, 0.25) is 0 Å². The zero-order chi connectivity index (χ0) is 12.5. The molecule has 1 heterocycles. The number of aromatic amines is 1. The Morgan fingerprint density at radius 3 is 2.83 bits per heavy atom. The Morgan fingerprint density at radius 1 is 1.28 bits per heavy atom. The number of hydrogen-bond donors (Lipinski definition) is 1. The third kappa shape index (κ3) is 2.24. The van der Waals surface area contributed by atoms with Crippen molar-refractivity contribution in [3.63, 3.8) is 0 Å². The first-order chi connectivity index (χ1) is 8.74. The summed E-state index contributed by atoms with van der Waals surface area (Å²) in [5.74, 6) is 0.810. The second-order valence-electron chi connectivity index (χ2n) is 5.57. The molecule has 1 N–H and O–H groups in total. The van der Waals surface area contributed by atoms with Crippen molar-refractivity contribution in [2.24, 2.45) is 5.92 Å². The lowest BCUT2D eigenvalue weighted by molar-refractivity contribution is 0.321. The molecule has 0 atom stereocenters. The van der Waals surface area contributed by atoms with Crippen LogP contribution in [-0.2, 0) is 6.54 Å². The highest BCUT2D eigenvalue weighted by Gasteiger charge is 2.15. The third-order valence-electron chi connectivity index (χ3n) is 4.10. The van der Waals surface area contributed by atoms with Gasteiger partial charge in [-0.15, -0.1) is 0 Å². The van der Waals surface area contributed by atoms with Crippen LogP contribution >= 0.6 is 12.2 Å². The lowest BCUT2D eigenvalue weighted by Crippen LogP contribution is -2.14. The van der Waals surface area contributed by atoms with Gasteiger partial charge in [-0.05, 0) is 55.6 Å². The largest absolute Gasteiger partial charge is 0.331 e. The van der Waals surface area contributed by atoms with Crippen LogP contribution in [0, 0.1) is 17.6 Å². The van der Waals surface area contributed by atoms with E-state index in [1.807, 2.05) is 0 Å². The van der Waals surface area contributed by atoms with E-state index in [0.29, 0.717) is 0 Å². The molecule has 0 aliphatic heterocycles. The van der Waals surface area contributed by atoms with Crippen LogP contribution in [0.1, 0.15) is 37.7 Å². The maximum absolute atomic E-state index is 5.47. The van der Waals surface area contributed by atoms with Crippen LogP contribution < -0.4 is 0 Å². The van der Waals surface area contributed by atoms with Gasteiger partial charge in [-0.25, -0.2) is 0 Å². The summed E-state index contributed by atoms with van der Waals surface area (Å²) in [6.07, 6.45) is 6.91. The molecule has 18 heavy (non-hydrogen) atoms. The van der Waals surface area contributed by atoms with Gasteiger partial charge in [0.2, 0.25) is 0 Å². The summed E-state index contributed by atoms with van der Waals surface area (Å²) in [4.78, 5) is 3.32. The molecule has 1 aromatic carbocycles. The van der Waals surface area contributed by atoms with Gasteiger partial charge in [0.1, 0.15) is 0 Å². The molecule has 0 amide bonds. The van der Waals surface area contributed by atoms with Gasteiger partial charge in [0.15, 0.2) is 4.77 Å². The van der Waals surface area contributed by atoms with E-state index in [4.69, 9.17) is 12.2 Å². The Kier molecular flexibility index (Phi) is 3.25. The highest BCUT2D eigenvalue weighted by molar-refractivity contribution is 7.71. The van der Waals surface area contributed by atoms with Crippen molar-refractivity contribution in [3.05, 3.63) is 28.5 Å². The highest BCUT2D eigenvalue weighted by Crippen LogP contribution is 2.27. The zero-order valence-corrected chi connectivity index (χ0v) is 11.7. The predicted molar refractivity (Wildman–Crippen MR) is 78.4 cm³/mol. The lowest BCUT2D eigenvalue weighted by atomic mass is 9.89. The molecule has 96 valence electrons. The number of aryl methyl sites for hydroxylation is 1. The molecule has 1 aliphatic carbocycles. The minimum Gasteiger partial charge on any atom is -0.331 e. The van der Waals surface area contributed by atoms with Crippen molar-refractivity contribution in [2.75, 3.05) is 0 Å². The summed E-state index contributed by atoms with van der Waals surface area (Å²) in [5.41, 5.74) is 3.74. The van der Waals surface area contributed by atoms with E-state index < -0.39 is 0 Å². The molecule has 1 saturated carbocycles. The Morgan fingerprint density at radius 2 is 2.06 bits per heavy atom. The average Bonchev–Trinajstić information content (AvgIpc) is 2.67. The molecule has 3 rings (SSSR count). The van der Waals surface area contributed by atoms with E-state index >= 15 is 0 Å². The fourth-order valence-electron chi connectivity index (χ4n) is 3.07. The molecule has 0 bridgehead atoms. The van der Waals surface area contributed by atoms with E-state index in [0.717, 1.165) is 17.2 Å². The monoisotopic (exact) mass is 260 g/mol. The summed E-state index contributed by atoms with van der Waals surface area (Å²) < 4.78 is 3.18. The van der Waals surface area contributed by atoms with Gasteiger partial charge < -0.3 is 9.55 Å². The average molecular weight is 260 g/mol. The first kappa shape index (κ1) is 12.0. The number of nitrogens with one attached hydrogen (secondary N) is 1. The van der Waals surface area contributed by atoms with Crippen molar-refractivity contribution in [1.82, 2.24) is 9.55 Å². The van der Waals surface area contributed by atoms with Gasteiger partial charge in [0, 0.05) is 6.54 Å². The molecule has 1 aromatic heterocycles. The van der Waals surface area contributed by atoms with Crippen molar-refractivity contribution in [3.8, 4) is 0 Å². The summed E-state index contributed by atoms with van der Waals surface area (Å²) in [6.45, 7) is 3.22. The molecular formula is C15H20N2S. The van der Waals surface area contributed by atoms with Crippen LogP contribution in [-0.4, -0.2) is 9.55 Å². The van der Waals surface area contributed by atoms with Gasteiger partial charge >= 0.3 is 0 Å². The summed E-state index contributed by atoms with van der Waals surface area (Å²) in [6, 6.07) is 6.51. The maximum Gasteiger partial charge on any atom is 0.178 e. The van der Waals surface area contributed by atoms with Crippen LogP contribution in [0.25, 0.3) is 11.0 Å². The van der Waals surface area contributed by atoms with E-state index in [1.165, 1.54) is 48.7 Å². The summed E-state index contributed by atoms with van der Waals surface area (Å²) >= 11 is 5.47. The smallest absolute Gasteiger partial charge is 0.178 e. The topological polar surface area (TPSA) is 20.7 Å². The SMILES string of the molecule is Cc1ccc2[nH]c(=S)n(CC3CCCCC3)c2c1. The van der Waals surface area contributed by atoms with Gasteiger partial charge in [0.05, 0.1) is 11.0 Å². The van der Waals surface area contributed by atoms with Crippen molar-refractivity contribution in [1.29, 1.82) is 0 Å². The second-order valence-corrected chi connectivity index (χ2v) is 5.95. The van der Waals surface area contributed by atoms with Crippen LogP contribution in [0.3, 0.4) is 0 Å². The summed E-state index contributed by atoms with van der Waals surface area (Å²) in [5, 5.41) is 0. The van der Waals surface area contributed by atoms with Crippen LogP contribution in [0.5, 0.6) is 0 Å². The van der Waals surface area contributed by atoms with E-state index in [1.54, 1.807) is 0 Å². The minimum absolute atomic E-state index is 0.810. The molecule has 1 aliphatic rings. The van der Waals surface area contributed by atoms with Crippen molar-refractivity contribution in [2.45, 2.75) is 45.6 Å². The number of H-pyrrole nitrogens is 1. The van der Waals surface area contributed by atoms with Crippen LogP contribution in [0.4, 0.5) is 0 Å². The number of fused-ring (bicyclic) bond motifs is 1. The van der Waals surface area contributed by atoms with Crippen molar-refractivity contribution < 1.29 is 0 Å². The molecular weight excluding hydrogens is 240 g/mol. The number of benzene rings is 1. The van der Waals surface area contributed by atoms with Gasteiger partial charge in [-0.3, -0.25) is 0 Å². The first-order valence-electron chi connectivity index (χ1n) is 6.93. The first-order valence-corrected chi connectivity index (χ1v) is 7.34.